The van der Waals surface area contributed by atoms with Gasteiger partial charge in [0.2, 0.25) is 0 Å². The summed E-state index contributed by atoms with van der Waals surface area (Å²) in [6.45, 7) is 3.76. The lowest BCUT2D eigenvalue weighted by Gasteiger charge is -2.43. The van der Waals surface area contributed by atoms with E-state index in [2.05, 4.69) is 64.1 Å². The summed E-state index contributed by atoms with van der Waals surface area (Å²) >= 11 is 0. The maximum absolute atomic E-state index is 12.9. The standard InChI is InChI=1S/C29H28N2O2/c1-33-26-10-6-20(7-11-26)16-30-17-21-14-25(19-30)29-27(12-13-28(32)31(29)18-21)24-9-8-22-4-2-3-5-23(22)15-24/h2-13,15,21,25H,14,16-19H2,1H3/t21-,25+/m0/s1. The van der Waals surface area contributed by atoms with Gasteiger partial charge in [-0.15, -0.1) is 0 Å². The molecule has 4 heteroatoms. The predicted octanol–water partition coefficient (Wildman–Crippen LogP) is 5.30. The van der Waals surface area contributed by atoms with Crippen LogP contribution >= 0.6 is 0 Å². The van der Waals surface area contributed by atoms with Crippen molar-refractivity contribution in [1.82, 2.24) is 9.47 Å². The number of benzene rings is 3. The van der Waals surface area contributed by atoms with Crippen molar-refractivity contribution in [3.8, 4) is 16.9 Å². The van der Waals surface area contributed by atoms with E-state index in [4.69, 9.17) is 4.74 Å². The van der Waals surface area contributed by atoms with E-state index in [-0.39, 0.29) is 5.56 Å². The summed E-state index contributed by atoms with van der Waals surface area (Å²) in [5, 5.41) is 2.48. The molecule has 2 aliphatic rings. The van der Waals surface area contributed by atoms with E-state index in [1.807, 2.05) is 18.2 Å². The Labute approximate surface area is 194 Å². The third kappa shape index (κ3) is 3.75. The van der Waals surface area contributed by atoms with Crippen molar-refractivity contribution in [2.75, 3.05) is 20.2 Å². The Balaban J connectivity index is 1.35. The van der Waals surface area contributed by atoms with Gasteiger partial charge in [0.1, 0.15) is 5.75 Å². The minimum Gasteiger partial charge on any atom is -0.497 e. The molecule has 1 fully saturated rings. The maximum Gasteiger partial charge on any atom is 0.250 e. The van der Waals surface area contributed by atoms with E-state index in [0.717, 1.165) is 38.3 Å². The van der Waals surface area contributed by atoms with Crippen LogP contribution < -0.4 is 10.3 Å². The fourth-order valence-electron chi connectivity index (χ4n) is 5.83. The molecule has 0 saturated carbocycles. The lowest BCUT2D eigenvalue weighted by molar-refractivity contribution is 0.115. The number of methoxy groups -OCH3 is 1. The maximum atomic E-state index is 12.9. The molecule has 0 unspecified atom stereocenters. The zero-order chi connectivity index (χ0) is 22.4. The fraction of sp³-hybridized carbons (Fsp3) is 0.276. The van der Waals surface area contributed by atoms with Crippen molar-refractivity contribution in [2.45, 2.75) is 25.4 Å². The third-order valence-electron chi connectivity index (χ3n) is 7.29. The van der Waals surface area contributed by atoms with E-state index in [9.17, 15) is 4.79 Å². The first-order valence-electron chi connectivity index (χ1n) is 11.8. The van der Waals surface area contributed by atoms with Gasteiger partial charge in [-0.25, -0.2) is 0 Å². The lowest BCUT2D eigenvalue weighted by atomic mass is 9.80. The van der Waals surface area contributed by atoms with Gasteiger partial charge < -0.3 is 9.30 Å². The van der Waals surface area contributed by atoms with Gasteiger partial charge in [-0.2, -0.15) is 0 Å². The van der Waals surface area contributed by atoms with Crippen LogP contribution in [0.4, 0.5) is 0 Å². The van der Waals surface area contributed by atoms with Crippen molar-refractivity contribution >= 4 is 10.8 Å². The summed E-state index contributed by atoms with van der Waals surface area (Å²) in [6.07, 6.45) is 1.16. The Bertz CT molecular complexity index is 1370. The number of piperidine rings is 1. The highest BCUT2D eigenvalue weighted by molar-refractivity contribution is 5.87. The molecule has 0 spiro atoms. The van der Waals surface area contributed by atoms with Gasteiger partial charge >= 0.3 is 0 Å². The Morgan fingerprint density at radius 2 is 1.70 bits per heavy atom. The van der Waals surface area contributed by atoms with Gasteiger partial charge in [0.05, 0.1) is 7.11 Å². The molecule has 1 saturated heterocycles. The SMILES string of the molecule is COc1ccc(CN2C[C@@H]3C[C@H](C2)c2c(-c4ccc5ccccc5c4)ccc(=O)n2C3)cc1. The number of hydrogen-bond donors (Lipinski definition) is 0. The van der Waals surface area contributed by atoms with Crippen LogP contribution in [0.2, 0.25) is 0 Å². The molecule has 6 rings (SSSR count). The quantitative estimate of drug-likeness (QED) is 0.436. The van der Waals surface area contributed by atoms with Crippen molar-refractivity contribution in [3.63, 3.8) is 0 Å². The molecule has 1 aromatic heterocycles. The van der Waals surface area contributed by atoms with Gasteiger partial charge in [-0.3, -0.25) is 9.69 Å². The number of pyridine rings is 1. The number of rotatable bonds is 4. The van der Waals surface area contributed by atoms with Crippen LogP contribution in [0.25, 0.3) is 21.9 Å². The summed E-state index contributed by atoms with van der Waals surface area (Å²) < 4.78 is 7.37. The first kappa shape index (κ1) is 20.3. The van der Waals surface area contributed by atoms with Crippen LogP contribution in [0.15, 0.2) is 83.7 Å². The molecular formula is C29H28N2O2. The molecule has 33 heavy (non-hydrogen) atoms. The molecule has 0 aliphatic carbocycles. The number of ether oxygens (including phenoxy) is 1. The van der Waals surface area contributed by atoms with Crippen LogP contribution in [-0.4, -0.2) is 29.7 Å². The van der Waals surface area contributed by atoms with Crippen LogP contribution in [0.1, 0.15) is 23.6 Å². The topological polar surface area (TPSA) is 34.5 Å². The highest BCUT2D eigenvalue weighted by Crippen LogP contribution is 2.40. The van der Waals surface area contributed by atoms with Crippen molar-refractivity contribution < 1.29 is 4.74 Å². The summed E-state index contributed by atoms with van der Waals surface area (Å²) in [5.41, 5.74) is 5.05. The molecule has 2 bridgehead atoms. The predicted molar refractivity (Wildman–Crippen MR) is 133 cm³/mol. The van der Waals surface area contributed by atoms with Crippen molar-refractivity contribution in [3.05, 3.63) is 100 Å². The van der Waals surface area contributed by atoms with E-state index >= 15 is 0 Å². The Morgan fingerprint density at radius 3 is 2.52 bits per heavy atom. The smallest absolute Gasteiger partial charge is 0.250 e. The van der Waals surface area contributed by atoms with Crippen molar-refractivity contribution in [1.29, 1.82) is 0 Å². The first-order valence-corrected chi connectivity index (χ1v) is 11.8. The summed E-state index contributed by atoms with van der Waals surface area (Å²) in [5.74, 6) is 1.77. The number of hydrogen-bond acceptors (Lipinski definition) is 3. The van der Waals surface area contributed by atoms with Gasteiger partial charge in [0.15, 0.2) is 0 Å². The van der Waals surface area contributed by atoms with E-state index in [0.29, 0.717) is 11.8 Å². The molecule has 3 heterocycles. The normalized spacial score (nSPS) is 19.9. The number of aromatic nitrogens is 1. The Hall–Kier alpha value is -3.37. The second-order valence-electron chi connectivity index (χ2n) is 9.48. The molecule has 2 aliphatic heterocycles. The third-order valence-corrected chi connectivity index (χ3v) is 7.29. The van der Waals surface area contributed by atoms with Gasteiger partial charge in [-0.1, -0.05) is 48.5 Å². The minimum atomic E-state index is 0.132. The average molecular weight is 437 g/mol. The van der Waals surface area contributed by atoms with Crippen LogP contribution in [0, 0.1) is 5.92 Å². The zero-order valence-corrected chi connectivity index (χ0v) is 18.9. The number of fused-ring (bicyclic) bond motifs is 5. The van der Waals surface area contributed by atoms with E-state index < -0.39 is 0 Å². The number of likely N-dealkylation sites (tertiary alicyclic amines) is 1. The number of nitrogens with zero attached hydrogens (tertiary/aromatic N) is 2. The minimum absolute atomic E-state index is 0.132. The monoisotopic (exact) mass is 436 g/mol. The van der Waals surface area contributed by atoms with Gasteiger partial charge in [0, 0.05) is 49.4 Å². The largest absolute Gasteiger partial charge is 0.497 e. The molecule has 0 radical (unpaired) electrons. The molecule has 0 N–H and O–H groups in total. The molecule has 0 amide bonds. The van der Waals surface area contributed by atoms with Gasteiger partial charge in [-0.05, 0) is 58.5 Å². The van der Waals surface area contributed by atoms with E-state index in [1.165, 1.54) is 33.2 Å². The second-order valence-corrected chi connectivity index (χ2v) is 9.48. The molecule has 2 atom stereocenters. The zero-order valence-electron chi connectivity index (χ0n) is 18.9. The summed E-state index contributed by atoms with van der Waals surface area (Å²) in [4.78, 5) is 15.4. The summed E-state index contributed by atoms with van der Waals surface area (Å²) in [6, 6.07) is 27.3. The molecule has 166 valence electrons. The first-order chi connectivity index (χ1) is 16.2. The summed E-state index contributed by atoms with van der Waals surface area (Å²) in [7, 11) is 1.70. The van der Waals surface area contributed by atoms with Crippen LogP contribution in [-0.2, 0) is 13.1 Å². The van der Waals surface area contributed by atoms with Crippen LogP contribution in [0.5, 0.6) is 5.75 Å². The molecular weight excluding hydrogens is 408 g/mol. The van der Waals surface area contributed by atoms with Gasteiger partial charge in [0.25, 0.3) is 5.56 Å². The Kier molecular flexibility index (Phi) is 5.03. The Morgan fingerprint density at radius 1 is 0.879 bits per heavy atom. The lowest BCUT2D eigenvalue weighted by Crippen LogP contribution is -2.47. The fourth-order valence-corrected chi connectivity index (χ4v) is 5.83. The highest BCUT2D eigenvalue weighted by atomic mass is 16.5. The van der Waals surface area contributed by atoms with Crippen molar-refractivity contribution in [2.24, 2.45) is 5.92 Å². The molecule has 4 aromatic rings. The second kappa shape index (κ2) is 8.20. The molecule has 3 aromatic carbocycles. The average Bonchev–Trinajstić information content (AvgIpc) is 2.85. The molecule has 4 nitrogen and oxygen atoms in total. The van der Waals surface area contributed by atoms with E-state index in [1.54, 1.807) is 13.2 Å². The van der Waals surface area contributed by atoms with Crippen LogP contribution in [0.3, 0.4) is 0 Å². The highest BCUT2D eigenvalue weighted by Gasteiger charge is 2.36.